The maximum absolute atomic E-state index is 11.2. The van der Waals surface area contributed by atoms with E-state index >= 15 is 0 Å². The summed E-state index contributed by atoms with van der Waals surface area (Å²) >= 11 is 6.18. The Bertz CT molecular complexity index is 470. The lowest BCUT2D eigenvalue weighted by Crippen LogP contribution is -2.22. The van der Waals surface area contributed by atoms with E-state index in [0.29, 0.717) is 16.5 Å². The number of nitrogens with one attached hydrogen (secondary N) is 1. The van der Waals surface area contributed by atoms with Crippen molar-refractivity contribution in [2.75, 3.05) is 12.4 Å². The normalized spacial score (nSPS) is 16.5. The number of carbonyl (C=O) groups is 1. The van der Waals surface area contributed by atoms with Crippen LogP contribution in [0.5, 0.6) is 5.75 Å². The highest BCUT2D eigenvalue weighted by Gasteiger charge is 2.44. The summed E-state index contributed by atoms with van der Waals surface area (Å²) in [5.41, 5.74) is 7.11. The summed E-state index contributed by atoms with van der Waals surface area (Å²) in [5.74, 6) is 0.410. The number of carbonyl (C=O) groups excluding carboxylic acids is 1. The van der Waals surface area contributed by atoms with E-state index in [4.69, 9.17) is 22.1 Å². The minimum absolute atomic E-state index is 0.170. The number of methoxy groups -OCH3 is 1. The summed E-state index contributed by atoms with van der Waals surface area (Å²) in [7, 11) is 1.55. The van der Waals surface area contributed by atoms with E-state index in [-0.39, 0.29) is 5.91 Å². The minimum Gasteiger partial charge on any atom is -0.495 e. The molecule has 3 N–H and O–H groups in total. The molecular weight excluding hydrogens is 240 g/mol. The van der Waals surface area contributed by atoms with Gasteiger partial charge < -0.3 is 15.8 Å². The van der Waals surface area contributed by atoms with Crippen molar-refractivity contribution in [1.29, 1.82) is 0 Å². The first-order valence-corrected chi connectivity index (χ1v) is 5.79. The molecule has 1 amide bonds. The van der Waals surface area contributed by atoms with E-state index in [0.717, 1.165) is 18.4 Å². The van der Waals surface area contributed by atoms with E-state index in [9.17, 15) is 4.79 Å². The molecule has 4 nitrogen and oxygen atoms in total. The first-order valence-electron chi connectivity index (χ1n) is 5.41. The average Bonchev–Trinajstić information content (AvgIpc) is 2.96. The van der Waals surface area contributed by atoms with Gasteiger partial charge in [0.2, 0.25) is 5.91 Å². The smallest absolute Gasteiger partial charge is 0.221 e. The van der Waals surface area contributed by atoms with Crippen LogP contribution < -0.4 is 15.8 Å². The fourth-order valence-electron chi connectivity index (χ4n) is 1.90. The van der Waals surface area contributed by atoms with Crippen LogP contribution in [0.15, 0.2) is 12.1 Å². The van der Waals surface area contributed by atoms with Crippen molar-refractivity contribution in [3.05, 3.63) is 22.7 Å². The monoisotopic (exact) mass is 254 g/mol. The molecule has 0 bridgehead atoms. The lowest BCUT2D eigenvalue weighted by molar-refractivity contribution is -0.114. The molecule has 92 valence electrons. The number of hydrogen-bond donors (Lipinski definition) is 2. The standard InChI is InChI=1S/C12H15ClN2O2/c1-7(16)15-11-9(17-2)4-3-8(13)10(11)12(14)5-6-12/h3-4H,5-6,14H2,1-2H3,(H,15,16). The molecular formula is C12H15ClN2O2. The SMILES string of the molecule is COc1ccc(Cl)c(C2(N)CC2)c1NC(C)=O. The zero-order chi connectivity index (χ0) is 12.6. The van der Waals surface area contributed by atoms with Crippen LogP contribution in [0.1, 0.15) is 25.3 Å². The molecule has 17 heavy (non-hydrogen) atoms. The number of benzene rings is 1. The van der Waals surface area contributed by atoms with Gasteiger partial charge in [0.25, 0.3) is 0 Å². The van der Waals surface area contributed by atoms with Gasteiger partial charge in [-0.1, -0.05) is 11.6 Å². The Morgan fingerprint density at radius 1 is 1.53 bits per heavy atom. The van der Waals surface area contributed by atoms with Crippen LogP contribution in [-0.2, 0) is 10.3 Å². The molecule has 1 aliphatic rings. The predicted octanol–water partition coefficient (Wildman–Crippen LogP) is 2.25. The zero-order valence-electron chi connectivity index (χ0n) is 9.84. The third-order valence-electron chi connectivity index (χ3n) is 2.92. The number of nitrogens with two attached hydrogens (primary N) is 1. The Morgan fingerprint density at radius 2 is 2.18 bits per heavy atom. The van der Waals surface area contributed by atoms with Gasteiger partial charge in [0, 0.05) is 23.0 Å². The fraction of sp³-hybridized carbons (Fsp3) is 0.417. The second kappa shape index (κ2) is 4.20. The quantitative estimate of drug-likeness (QED) is 0.870. The third kappa shape index (κ3) is 2.23. The van der Waals surface area contributed by atoms with E-state index in [1.165, 1.54) is 6.92 Å². The van der Waals surface area contributed by atoms with Gasteiger partial charge in [-0.2, -0.15) is 0 Å². The molecule has 0 unspecified atom stereocenters. The molecule has 0 atom stereocenters. The third-order valence-corrected chi connectivity index (χ3v) is 3.24. The van der Waals surface area contributed by atoms with E-state index in [1.54, 1.807) is 19.2 Å². The highest BCUT2D eigenvalue weighted by atomic mass is 35.5. The molecule has 0 spiro atoms. The number of anilines is 1. The topological polar surface area (TPSA) is 64.3 Å². The van der Waals surface area contributed by atoms with E-state index in [1.807, 2.05) is 0 Å². The van der Waals surface area contributed by atoms with Crippen molar-refractivity contribution in [1.82, 2.24) is 0 Å². The number of rotatable bonds is 3. The van der Waals surface area contributed by atoms with Crippen LogP contribution in [-0.4, -0.2) is 13.0 Å². The molecule has 5 heteroatoms. The molecule has 0 heterocycles. The molecule has 1 aromatic carbocycles. The van der Waals surface area contributed by atoms with Gasteiger partial charge in [-0.25, -0.2) is 0 Å². The van der Waals surface area contributed by atoms with Crippen LogP contribution in [0, 0.1) is 0 Å². The van der Waals surface area contributed by atoms with Gasteiger partial charge in [-0.05, 0) is 25.0 Å². The summed E-state index contributed by atoms with van der Waals surface area (Å²) in [6, 6.07) is 3.47. The molecule has 1 fully saturated rings. The maximum Gasteiger partial charge on any atom is 0.221 e. The van der Waals surface area contributed by atoms with Gasteiger partial charge in [0.1, 0.15) is 5.75 Å². The molecule has 1 aromatic rings. The van der Waals surface area contributed by atoms with Crippen LogP contribution in [0.3, 0.4) is 0 Å². The van der Waals surface area contributed by atoms with Gasteiger partial charge in [-0.3, -0.25) is 4.79 Å². The van der Waals surface area contributed by atoms with Gasteiger partial charge in [0.05, 0.1) is 12.8 Å². The lowest BCUT2D eigenvalue weighted by atomic mass is 10.0. The Balaban J connectivity index is 2.57. The van der Waals surface area contributed by atoms with Crippen LogP contribution >= 0.6 is 11.6 Å². The van der Waals surface area contributed by atoms with E-state index in [2.05, 4.69) is 5.32 Å². The highest BCUT2D eigenvalue weighted by Crippen LogP contribution is 2.51. The number of halogens is 1. The number of ether oxygens (including phenoxy) is 1. The summed E-state index contributed by atoms with van der Waals surface area (Å²) in [4.78, 5) is 11.2. The van der Waals surface area contributed by atoms with Gasteiger partial charge in [-0.15, -0.1) is 0 Å². The minimum atomic E-state index is -0.427. The molecule has 0 aromatic heterocycles. The van der Waals surface area contributed by atoms with Crippen molar-refractivity contribution in [3.8, 4) is 5.75 Å². The van der Waals surface area contributed by atoms with E-state index < -0.39 is 5.54 Å². The first kappa shape index (κ1) is 12.2. The fourth-order valence-corrected chi connectivity index (χ4v) is 2.25. The predicted molar refractivity (Wildman–Crippen MR) is 67.4 cm³/mol. The molecule has 0 radical (unpaired) electrons. The molecule has 1 saturated carbocycles. The molecule has 0 aliphatic heterocycles. The Kier molecular flexibility index (Phi) is 3.02. The van der Waals surface area contributed by atoms with Crippen LogP contribution in [0.2, 0.25) is 5.02 Å². The zero-order valence-corrected chi connectivity index (χ0v) is 10.6. The number of hydrogen-bond acceptors (Lipinski definition) is 3. The maximum atomic E-state index is 11.2. The molecule has 1 aliphatic carbocycles. The summed E-state index contributed by atoms with van der Waals surface area (Å²) in [5, 5.41) is 3.32. The average molecular weight is 255 g/mol. The highest BCUT2D eigenvalue weighted by molar-refractivity contribution is 6.32. The molecule has 2 rings (SSSR count). The van der Waals surface area contributed by atoms with Crippen molar-refractivity contribution < 1.29 is 9.53 Å². The lowest BCUT2D eigenvalue weighted by Gasteiger charge is -2.19. The largest absolute Gasteiger partial charge is 0.495 e. The van der Waals surface area contributed by atoms with Crippen molar-refractivity contribution in [2.24, 2.45) is 5.73 Å². The van der Waals surface area contributed by atoms with Crippen molar-refractivity contribution in [2.45, 2.75) is 25.3 Å². The Morgan fingerprint density at radius 3 is 2.65 bits per heavy atom. The summed E-state index contributed by atoms with van der Waals surface area (Å²) < 4.78 is 5.24. The van der Waals surface area contributed by atoms with Crippen LogP contribution in [0.4, 0.5) is 5.69 Å². The second-order valence-corrected chi connectivity index (χ2v) is 4.74. The van der Waals surface area contributed by atoms with Gasteiger partial charge >= 0.3 is 0 Å². The Hall–Kier alpha value is -1.26. The van der Waals surface area contributed by atoms with Gasteiger partial charge in [0.15, 0.2) is 0 Å². The summed E-state index contributed by atoms with van der Waals surface area (Å²) in [6.45, 7) is 1.44. The number of amides is 1. The van der Waals surface area contributed by atoms with Crippen LogP contribution in [0.25, 0.3) is 0 Å². The molecule has 0 saturated heterocycles. The first-order chi connectivity index (χ1) is 7.98. The summed E-state index contributed by atoms with van der Waals surface area (Å²) in [6.07, 6.45) is 1.74. The van der Waals surface area contributed by atoms with Crippen molar-refractivity contribution >= 4 is 23.2 Å². The Labute approximate surface area is 105 Å². The van der Waals surface area contributed by atoms with Crippen molar-refractivity contribution in [3.63, 3.8) is 0 Å². The second-order valence-electron chi connectivity index (χ2n) is 4.34.